The Morgan fingerprint density at radius 3 is 2.62 bits per heavy atom. The van der Waals surface area contributed by atoms with Crippen molar-refractivity contribution in [3.05, 3.63) is 78.4 Å². The van der Waals surface area contributed by atoms with Crippen molar-refractivity contribution >= 4 is 28.7 Å². The van der Waals surface area contributed by atoms with Crippen molar-refractivity contribution in [2.45, 2.75) is 19.9 Å². The predicted octanol–water partition coefficient (Wildman–Crippen LogP) is 3.12. The van der Waals surface area contributed by atoms with Gasteiger partial charge in [0, 0.05) is 23.8 Å². The van der Waals surface area contributed by atoms with Crippen molar-refractivity contribution < 1.29 is 9.59 Å². The average molecular weight is 429 g/mol. The van der Waals surface area contributed by atoms with Crippen molar-refractivity contribution in [1.29, 1.82) is 0 Å². The normalized spacial score (nSPS) is 11.7. The van der Waals surface area contributed by atoms with Crippen LogP contribution in [0.1, 0.15) is 24.2 Å². The highest BCUT2D eigenvalue weighted by molar-refractivity contribution is 5.95. The van der Waals surface area contributed by atoms with Crippen LogP contribution in [-0.4, -0.2) is 38.2 Å². The third kappa shape index (κ3) is 4.56. The summed E-state index contributed by atoms with van der Waals surface area (Å²) in [6, 6.07) is 13.2. The Hall–Kier alpha value is -4.27. The van der Waals surface area contributed by atoms with Gasteiger partial charge in [0.2, 0.25) is 5.91 Å². The molecule has 0 fully saturated rings. The van der Waals surface area contributed by atoms with Gasteiger partial charge in [0.05, 0.1) is 23.6 Å². The topological polar surface area (TPSA) is 114 Å². The van der Waals surface area contributed by atoms with E-state index < -0.39 is 12.1 Å². The lowest BCUT2D eigenvalue weighted by Crippen LogP contribution is -2.42. The van der Waals surface area contributed by atoms with Crippen LogP contribution in [0.3, 0.4) is 0 Å². The van der Waals surface area contributed by atoms with Crippen LogP contribution in [0.25, 0.3) is 16.6 Å². The number of nitrogens with zero attached hydrogens (tertiary/aromatic N) is 4. The second-order valence-electron chi connectivity index (χ2n) is 7.18. The fourth-order valence-electron chi connectivity index (χ4n) is 3.37. The van der Waals surface area contributed by atoms with Gasteiger partial charge in [0.15, 0.2) is 0 Å². The van der Waals surface area contributed by atoms with Gasteiger partial charge in [0.25, 0.3) is 0 Å². The summed E-state index contributed by atoms with van der Waals surface area (Å²) in [5, 5.41) is 13.4. The van der Waals surface area contributed by atoms with E-state index in [0.717, 1.165) is 22.3 Å². The van der Waals surface area contributed by atoms with Gasteiger partial charge < -0.3 is 10.6 Å². The number of hydrogen-bond acceptors (Lipinski definition) is 5. The third-order valence-electron chi connectivity index (χ3n) is 4.84. The molecule has 9 nitrogen and oxygen atoms in total. The van der Waals surface area contributed by atoms with Gasteiger partial charge in [0.1, 0.15) is 11.9 Å². The number of carbonyl (C=O) groups is 2. The van der Waals surface area contributed by atoms with E-state index in [1.807, 2.05) is 44.2 Å². The summed E-state index contributed by atoms with van der Waals surface area (Å²) < 4.78 is 1.77. The monoisotopic (exact) mass is 429 g/mol. The molecule has 9 heteroatoms. The minimum Gasteiger partial charge on any atom is -0.354 e. The first kappa shape index (κ1) is 21.0. The molecule has 0 saturated heterocycles. The van der Waals surface area contributed by atoms with Crippen LogP contribution in [0.4, 0.5) is 10.6 Å². The molecular formula is C23H23N7O2. The number of aromatic nitrogens is 4. The van der Waals surface area contributed by atoms with E-state index in [9.17, 15) is 9.59 Å². The first-order chi connectivity index (χ1) is 15.5. The summed E-state index contributed by atoms with van der Waals surface area (Å²) in [7, 11) is 0. The molecule has 3 aromatic heterocycles. The van der Waals surface area contributed by atoms with Gasteiger partial charge in [-0.05, 0) is 37.6 Å². The highest BCUT2D eigenvalue weighted by atomic mass is 16.2. The molecule has 0 aliphatic rings. The van der Waals surface area contributed by atoms with E-state index >= 15 is 0 Å². The zero-order valence-electron chi connectivity index (χ0n) is 17.7. The minimum atomic E-state index is -0.822. The van der Waals surface area contributed by atoms with Gasteiger partial charge in [-0.15, -0.1) is 0 Å². The smallest absolute Gasteiger partial charge is 0.321 e. The average Bonchev–Trinajstić information content (AvgIpc) is 3.21. The molecule has 4 rings (SSSR count). The zero-order valence-corrected chi connectivity index (χ0v) is 17.7. The lowest BCUT2D eigenvalue weighted by atomic mass is 10.1. The maximum atomic E-state index is 12.6. The summed E-state index contributed by atoms with van der Waals surface area (Å²) in [5.41, 5.74) is 3.24. The molecule has 1 atom stereocenters. The number of rotatable bonds is 6. The highest BCUT2D eigenvalue weighted by Crippen LogP contribution is 2.20. The molecule has 0 radical (unpaired) electrons. The molecule has 162 valence electrons. The molecule has 3 amide bonds. The maximum absolute atomic E-state index is 12.6. The Bertz CT molecular complexity index is 1250. The van der Waals surface area contributed by atoms with Crippen LogP contribution in [0, 0.1) is 6.92 Å². The van der Waals surface area contributed by atoms with Crippen LogP contribution in [0.5, 0.6) is 0 Å². The van der Waals surface area contributed by atoms with Crippen LogP contribution < -0.4 is 16.0 Å². The van der Waals surface area contributed by atoms with E-state index in [0.29, 0.717) is 17.9 Å². The van der Waals surface area contributed by atoms with E-state index in [1.54, 1.807) is 41.5 Å². The zero-order chi connectivity index (χ0) is 22.5. The first-order valence-electron chi connectivity index (χ1n) is 10.2. The molecule has 32 heavy (non-hydrogen) atoms. The second-order valence-corrected chi connectivity index (χ2v) is 7.18. The third-order valence-corrected chi connectivity index (χ3v) is 4.84. The van der Waals surface area contributed by atoms with Crippen LogP contribution in [-0.2, 0) is 4.79 Å². The Labute approximate surface area is 184 Å². The Balaban J connectivity index is 1.52. The number of urea groups is 1. The van der Waals surface area contributed by atoms with E-state index in [1.165, 1.54) is 0 Å². The van der Waals surface area contributed by atoms with Crippen LogP contribution in [0.15, 0.2) is 67.1 Å². The second kappa shape index (κ2) is 9.25. The number of benzene rings is 1. The van der Waals surface area contributed by atoms with Crippen molar-refractivity contribution in [1.82, 2.24) is 30.4 Å². The number of fused-ring (bicyclic) bond motifs is 1. The summed E-state index contributed by atoms with van der Waals surface area (Å²) in [6.07, 6.45) is 5.08. The van der Waals surface area contributed by atoms with Crippen LogP contribution in [0.2, 0.25) is 0 Å². The number of amides is 3. The number of hydrogen-bond donors (Lipinski definition) is 3. The lowest BCUT2D eigenvalue weighted by molar-refractivity contribution is -0.122. The van der Waals surface area contributed by atoms with Gasteiger partial charge in [-0.25, -0.2) is 14.5 Å². The lowest BCUT2D eigenvalue weighted by Gasteiger charge is -2.18. The van der Waals surface area contributed by atoms with Crippen molar-refractivity contribution in [2.75, 3.05) is 11.9 Å². The molecule has 0 saturated carbocycles. The summed E-state index contributed by atoms with van der Waals surface area (Å²) in [6.45, 7) is 4.20. The number of carbonyl (C=O) groups excluding carboxylic acids is 2. The van der Waals surface area contributed by atoms with Crippen molar-refractivity contribution in [3.8, 4) is 5.69 Å². The van der Waals surface area contributed by atoms with E-state index in [2.05, 4.69) is 31.0 Å². The van der Waals surface area contributed by atoms with Crippen molar-refractivity contribution in [3.63, 3.8) is 0 Å². The quantitative estimate of drug-likeness (QED) is 0.436. The molecule has 1 unspecified atom stereocenters. The predicted molar refractivity (Wildman–Crippen MR) is 121 cm³/mol. The van der Waals surface area contributed by atoms with Gasteiger partial charge in [-0.3, -0.25) is 15.1 Å². The molecule has 0 bridgehead atoms. The van der Waals surface area contributed by atoms with E-state index in [-0.39, 0.29) is 5.91 Å². The largest absolute Gasteiger partial charge is 0.354 e. The SMILES string of the molecule is CCNC(=O)C(NC(=O)Nc1cc2cnn(-c3ccnc(C)c3)c2cn1)c1ccccc1. The van der Waals surface area contributed by atoms with Crippen molar-refractivity contribution in [2.24, 2.45) is 0 Å². The molecule has 3 N–H and O–H groups in total. The number of aryl methyl sites for hydroxylation is 1. The number of likely N-dealkylation sites (N-methyl/N-ethyl adjacent to an activating group) is 1. The Morgan fingerprint density at radius 2 is 1.88 bits per heavy atom. The number of nitrogens with one attached hydrogen (secondary N) is 3. The molecule has 0 spiro atoms. The summed E-state index contributed by atoms with van der Waals surface area (Å²) >= 11 is 0. The molecule has 0 aliphatic carbocycles. The van der Waals surface area contributed by atoms with Gasteiger partial charge in [-0.1, -0.05) is 30.3 Å². The fraction of sp³-hybridized carbons (Fsp3) is 0.174. The maximum Gasteiger partial charge on any atom is 0.321 e. The molecule has 0 aliphatic heterocycles. The Kier molecular flexibility index (Phi) is 6.07. The van der Waals surface area contributed by atoms with Gasteiger partial charge in [-0.2, -0.15) is 5.10 Å². The molecule has 4 aromatic rings. The van der Waals surface area contributed by atoms with E-state index in [4.69, 9.17) is 0 Å². The summed E-state index contributed by atoms with van der Waals surface area (Å²) in [4.78, 5) is 33.7. The fourth-order valence-corrected chi connectivity index (χ4v) is 3.37. The standard InChI is InChI=1S/C23H23N7O2/c1-3-24-22(31)21(16-7-5-4-6-8-16)29-23(32)28-20-12-17-13-27-30(19(17)14-26-20)18-9-10-25-15(2)11-18/h4-14,21H,3H2,1-2H3,(H,24,31)(H2,26,28,29,32). The minimum absolute atomic E-state index is 0.286. The van der Waals surface area contributed by atoms with Crippen LogP contribution >= 0.6 is 0 Å². The number of pyridine rings is 2. The highest BCUT2D eigenvalue weighted by Gasteiger charge is 2.22. The number of anilines is 1. The molecular weight excluding hydrogens is 406 g/mol. The first-order valence-corrected chi connectivity index (χ1v) is 10.2. The Morgan fingerprint density at radius 1 is 1.06 bits per heavy atom. The van der Waals surface area contributed by atoms with Gasteiger partial charge >= 0.3 is 6.03 Å². The molecule has 1 aromatic carbocycles. The summed E-state index contributed by atoms with van der Waals surface area (Å²) in [5.74, 6) is 0.0642. The molecule has 3 heterocycles.